The number of halogens is 1. The van der Waals surface area contributed by atoms with Gasteiger partial charge in [0.15, 0.2) is 0 Å². The lowest BCUT2D eigenvalue weighted by Gasteiger charge is -2.26. The van der Waals surface area contributed by atoms with Crippen LogP contribution in [0, 0.1) is 5.82 Å². The van der Waals surface area contributed by atoms with E-state index in [1.54, 1.807) is 12.1 Å². The molecule has 1 aromatic rings. The van der Waals surface area contributed by atoms with Crippen molar-refractivity contribution < 1.29 is 9.18 Å². The summed E-state index contributed by atoms with van der Waals surface area (Å²) in [7, 11) is 1.93. The second kappa shape index (κ2) is 6.75. The third-order valence-electron chi connectivity index (χ3n) is 4.65. The van der Waals surface area contributed by atoms with E-state index in [2.05, 4.69) is 5.32 Å². The number of nitrogens with one attached hydrogen (secondary N) is 1. The molecule has 5 heteroatoms. The fourth-order valence-electron chi connectivity index (χ4n) is 3.46. The monoisotopic (exact) mass is 305 g/mol. The minimum absolute atomic E-state index is 0.193. The van der Waals surface area contributed by atoms with Crippen molar-refractivity contribution in [3.05, 3.63) is 35.6 Å². The molecule has 2 aliphatic heterocycles. The van der Waals surface area contributed by atoms with E-state index in [0.29, 0.717) is 25.2 Å². The van der Waals surface area contributed by atoms with Gasteiger partial charge in [-0.25, -0.2) is 4.39 Å². The highest BCUT2D eigenvalue weighted by Crippen LogP contribution is 2.20. The molecule has 22 heavy (non-hydrogen) atoms. The van der Waals surface area contributed by atoms with E-state index >= 15 is 0 Å². The third-order valence-corrected chi connectivity index (χ3v) is 4.65. The Morgan fingerprint density at radius 2 is 2.00 bits per heavy atom. The van der Waals surface area contributed by atoms with Crippen molar-refractivity contribution >= 4 is 5.91 Å². The molecule has 1 amide bonds. The van der Waals surface area contributed by atoms with Gasteiger partial charge in [-0.05, 0) is 44.0 Å². The largest absolute Gasteiger partial charge is 0.340 e. The van der Waals surface area contributed by atoms with E-state index < -0.39 is 0 Å². The van der Waals surface area contributed by atoms with Gasteiger partial charge < -0.3 is 10.2 Å². The fraction of sp³-hybridized carbons (Fsp3) is 0.588. The Labute approximate surface area is 131 Å². The lowest BCUT2D eigenvalue weighted by Crippen LogP contribution is -2.43. The Morgan fingerprint density at radius 1 is 1.27 bits per heavy atom. The molecule has 2 aliphatic rings. The summed E-state index contributed by atoms with van der Waals surface area (Å²) in [4.78, 5) is 16.5. The Morgan fingerprint density at radius 3 is 2.77 bits per heavy atom. The number of nitrogens with zero attached hydrogens (tertiary/aromatic N) is 2. The first-order valence-corrected chi connectivity index (χ1v) is 8.07. The molecular weight excluding hydrogens is 281 g/mol. The second-order valence-corrected chi connectivity index (χ2v) is 6.57. The van der Waals surface area contributed by atoms with Crippen LogP contribution in [0.15, 0.2) is 24.3 Å². The zero-order chi connectivity index (χ0) is 15.5. The van der Waals surface area contributed by atoms with E-state index in [4.69, 9.17) is 0 Å². The molecule has 0 spiro atoms. The van der Waals surface area contributed by atoms with Gasteiger partial charge in [0.25, 0.3) is 0 Å². The maximum atomic E-state index is 12.9. The average molecular weight is 305 g/mol. The van der Waals surface area contributed by atoms with Crippen LogP contribution in [0.1, 0.15) is 24.8 Å². The molecule has 2 bridgehead atoms. The normalized spacial score (nSPS) is 24.6. The second-order valence-electron chi connectivity index (χ2n) is 6.57. The van der Waals surface area contributed by atoms with Crippen molar-refractivity contribution in [2.24, 2.45) is 0 Å². The molecule has 4 nitrogen and oxygen atoms in total. The molecule has 1 aromatic carbocycles. The van der Waals surface area contributed by atoms with Crippen molar-refractivity contribution in [3.63, 3.8) is 0 Å². The van der Waals surface area contributed by atoms with E-state index in [0.717, 1.165) is 25.1 Å². The van der Waals surface area contributed by atoms with Gasteiger partial charge >= 0.3 is 0 Å². The molecule has 2 fully saturated rings. The fourth-order valence-corrected chi connectivity index (χ4v) is 3.46. The van der Waals surface area contributed by atoms with Crippen LogP contribution < -0.4 is 5.32 Å². The van der Waals surface area contributed by atoms with Crippen LogP contribution in [-0.2, 0) is 11.3 Å². The number of rotatable bonds is 4. The lowest BCUT2D eigenvalue weighted by atomic mass is 10.1. The number of likely N-dealkylation sites (tertiary alicyclic amines) is 1. The summed E-state index contributed by atoms with van der Waals surface area (Å²) in [5.41, 5.74) is 1.02. The van der Waals surface area contributed by atoms with Crippen LogP contribution in [-0.4, -0.2) is 54.5 Å². The molecule has 2 atom stereocenters. The minimum atomic E-state index is -0.227. The van der Waals surface area contributed by atoms with Gasteiger partial charge in [-0.15, -0.1) is 0 Å². The van der Waals surface area contributed by atoms with E-state index in [1.165, 1.54) is 25.0 Å². The van der Waals surface area contributed by atoms with E-state index in [-0.39, 0.29) is 11.7 Å². The first-order valence-electron chi connectivity index (χ1n) is 8.07. The van der Waals surface area contributed by atoms with Crippen molar-refractivity contribution in [2.75, 3.05) is 26.7 Å². The topological polar surface area (TPSA) is 35.6 Å². The van der Waals surface area contributed by atoms with Crippen LogP contribution in [0.25, 0.3) is 0 Å². The van der Waals surface area contributed by atoms with Gasteiger partial charge in [0.1, 0.15) is 5.82 Å². The Balaban J connectivity index is 1.51. The number of hydrogen-bond donors (Lipinski definition) is 1. The number of fused-ring (bicyclic) bond motifs is 2. The SMILES string of the molecule is CN(CC(=O)N1CC[C@H]2CC[C@@H](C1)N2)Cc1ccc(F)cc1. The molecule has 0 saturated carbocycles. The number of benzene rings is 1. The number of amides is 1. The van der Waals surface area contributed by atoms with Gasteiger partial charge in [-0.3, -0.25) is 9.69 Å². The zero-order valence-corrected chi connectivity index (χ0v) is 13.1. The highest BCUT2D eigenvalue weighted by molar-refractivity contribution is 5.78. The first kappa shape index (κ1) is 15.4. The smallest absolute Gasteiger partial charge is 0.236 e. The summed E-state index contributed by atoms with van der Waals surface area (Å²) in [5.74, 6) is -0.0337. The first-order chi connectivity index (χ1) is 10.6. The summed E-state index contributed by atoms with van der Waals surface area (Å²) >= 11 is 0. The molecule has 1 N–H and O–H groups in total. The van der Waals surface area contributed by atoms with Crippen LogP contribution >= 0.6 is 0 Å². The summed E-state index contributed by atoms with van der Waals surface area (Å²) in [6, 6.07) is 7.53. The number of likely N-dealkylation sites (N-methyl/N-ethyl adjacent to an activating group) is 1. The molecule has 2 saturated heterocycles. The Bertz CT molecular complexity index is 519. The van der Waals surface area contributed by atoms with E-state index in [9.17, 15) is 9.18 Å². The van der Waals surface area contributed by atoms with Gasteiger partial charge in [0.05, 0.1) is 6.54 Å². The number of carbonyl (C=O) groups is 1. The predicted molar refractivity (Wildman–Crippen MR) is 83.9 cm³/mol. The molecule has 0 radical (unpaired) electrons. The summed E-state index contributed by atoms with van der Waals surface area (Å²) in [6.07, 6.45) is 3.49. The van der Waals surface area contributed by atoms with Crippen molar-refractivity contribution in [3.8, 4) is 0 Å². The Kier molecular flexibility index (Phi) is 4.74. The van der Waals surface area contributed by atoms with Crippen LogP contribution in [0.4, 0.5) is 4.39 Å². The Hall–Kier alpha value is -1.46. The number of hydrogen-bond acceptors (Lipinski definition) is 3. The predicted octanol–water partition coefficient (Wildman–Crippen LogP) is 1.61. The van der Waals surface area contributed by atoms with Crippen LogP contribution in [0.3, 0.4) is 0 Å². The summed E-state index contributed by atoms with van der Waals surface area (Å²) < 4.78 is 12.9. The molecule has 0 aromatic heterocycles. The van der Waals surface area contributed by atoms with E-state index in [1.807, 2.05) is 16.8 Å². The molecule has 0 aliphatic carbocycles. The maximum absolute atomic E-state index is 12.9. The molecular formula is C17H24FN3O. The molecule has 0 unspecified atom stereocenters. The highest BCUT2D eigenvalue weighted by atomic mass is 19.1. The van der Waals surface area contributed by atoms with Crippen molar-refractivity contribution in [2.45, 2.75) is 37.9 Å². The van der Waals surface area contributed by atoms with Gasteiger partial charge in [-0.2, -0.15) is 0 Å². The minimum Gasteiger partial charge on any atom is -0.340 e. The summed E-state index contributed by atoms with van der Waals surface area (Å²) in [6.45, 7) is 2.76. The molecule has 3 rings (SSSR count). The van der Waals surface area contributed by atoms with Crippen LogP contribution in [0.2, 0.25) is 0 Å². The molecule has 120 valence electrons. The van der Waals surface area contributed by atoms with Gasteiger partial charge in [0.2, 0.25) is 5.91 Å². The third kappa shape index (κ3) is 3.84. The van der Waals surface area contributed by atoms with Crippen molar-refractivity contribution in [1.82, 2.24) is 15.1 Å². The van der Waals surface area contributed by atoms with Gasteiger partial charge in [-0.1, -0.05) is 12.1 Å². The van der Waals surface area contributed by atoms with Crippen molar-refractivity contribution in [1.29, 1.82) is 0 Å². The van der Waals surface area contributed by atoms with Crippen LogP contribution in [0.5, 0.6) is 0 Å². The van der Waals surface area contributed by atoms with Gasteiger partial charge in [0, 0.05) is 31.7 Å². The number of carbonyl (C=O) groups excluding carboxylic acids is 1. The maximum Gasteiger partial charge on any atom is 0.236 e. The summed E-state index contributed by atoms with van der Waals surface area (Å²) in [5, 5.41) is 3.59. The molecule has 2 heterocycles. The average Bonchev–Trinajstić information content (AvgIpc) is 2.80. The quantitative estimate of drug-likeness (QED) is 0.918. The standard InChI is InChI=1S/C17H24FN3O/c1-20(10-13-2-4-14(18)5-3-13)12-17(22)21-9-8-15-6-7-16(11-21)19-15/h2-5,15-16,19H,6-12H2,1H3/t15-,16+/m1/s1. The lowest BCUT2D eigenvalue weighted by molar-refractivity contribution is -0.132. The highest BCUT2D eigenvalue weighted by Gasteiger charge is 2.31. The zero-order valence-electron chi connectivity index (χ0n) is 13.1.